The van der Waals surface area contributed by atoms with E-state index in [4.69, 9.17) is 11.6 Å². The van der Waals surface area contributed by atoms with E-state index in [0.29, 0.717) is 31.8 Å². The highest BCUT2D eigenvalue weighted by Gasteiger charge is 2.34. The third kappa shape index (κ3) is 3.17. The normalized spacial score (nSPS) is 16.6. The van der Waals surface area contributed by atoms with Crippen LogP contribution in [-0.4, -0.2) is 16.3 Å². The molecule has 0 aliphatic carbocycles. The molecule has 0 saturated carbocycles. The van der Waals surface area contributed by atoms with Crippen LogP contribution in [-0.2, 0) is 11.3 Å². The van der Waals surface area contributed by atoms with Gasteiger partial charge in [0.05, 0.1) is 22.3 Å². The third-order valence-electron chi connectivity index (χ3n) is 4.55. The molecule has 4 rings (SSSR count). The van der Waals surface area contributed by atoms with Crippen LogP contribution < -0.4 is 5.11 Å². The van der Waals surface area contributed by atoms with Gasteiger partial charge in [-0.2, -0.15) is 0 Å². The lowest BCUT2D eigenvalue weighted by Crippen LogP contribution is -2.40. The minimum Gasteiger partial charge on any atom is -0.549 e. The lowest BCUT2D eigenvalue weighted by atomic mass is 9.95. The minimum atomic E-state index is -1.39. The average molecular weight is 468 g/mol. The van der Waals surface area contributed by atoms with Crippen LogP contribution in [0.25, 0.3) is 10.9 Å². The Bertz CT molecular complexity index is 1100. The van der Waals surface area contributed by atoms with Crippen molar-refractivity contribution in [1.29, 1.82) is 0 Å². The summed E-state index contributed by atoms with van der Waals surface area (Å²) in [4.78, 5) is 25.7. The summed E-state index contributed by atoms with van der Waals surface area (Å²) < 4.78 is 16.2. The number of benzene rings is 2. The number of rotatable bonds is 3. The van der Waals surface area contributed by atoms with Crippen molar-refractivity contribution in [2.75, 3.05) is 0 Å². The summed E-state index contributed by atoms with van der Waals surface area (Å²) in [7, 11) is 0. The Morgan fingerprint density at radius 1 is 1.30 bits per heavy atom. The summed E-state index contributed by atoms with van der Waals surface area (Å²) >= 11 is 10.6. The van der Waals surface area contributed by atoms with Gasteiger partial charge >= 0.3 is 0 Å². The molecule has 27 heavy (non-hydrogen) atoms. The number of aromatic nitrogens is 1. The van der Waals surface area contributed by atoms with E-state index in [-0.39, 0.29) is 12.1 Å². The number of carboxylic acids is 1. The molecule has 2 aromatic carbocycles. The van der Waals surface area contributed by atoms with Gasteiger partial charge in [0.2, 0.25) is 0 Å². The molecule has 8 heteroatoms. The molecule has 1 aromatic heterocycles. The van der Waals surface area contributed by atoms with Crippen molar-refractivity contribution in [3.63, 3.8) is 0 Å². The molecule has 138 valence electrons. The van der Waals surface area contributed by atoms with E-state index in [1.165, 1.54) is 23.9 Å². The Hall–Kier alpha value is -1.83. The predicted octanol–water partition coefficient (Wildman–Crippen LogP) is 4.30. The number of ketones is 1. The number of carbonyl (C=O) groups is 2. The highest BCUT2D eigenvalue weighted by Crippen LogP contribution is 2.44. The number of hydrogen-bond acceptors (Lipinski definition) is 4. The molecule has 0 amide bonds. The van der Waals surface area contributed by atoms with E-state index in [2.05, 4.69) is 15.9 Å². The molecule has 0 saturated heterocycles. The Kier molecular flexibility index (Phi) is 4.78. The van der Waals surface area contributed by atoms with Crippen molar-refractivity contribution >= 4 is 61.9 Å². The topological polar surface area (TPSA) is 62.1 Å². The zero-order chi connectivity index (χ0) is 19.3. The van der Waals surface area contributed by atoms with Gasteiger partial charge in [-0.1, -0.05) is 23.4 Å². The smallest absolute Gasteiger partial charge is 0.189 e. The summed E-state index contributed by atoms with van der Waals surface area (Å²) in [5.74, 6) is -3.53. The number of fused-ring (bicyclic) bond motifs is 3. The van der Waals surface area contributed by atoms with Crippen molar-refractivity contribution in [3.8, 4) is 0 Å². The van der Waals surface area contributed by atoms with Crippen molar-refractivity contribution in [2.24, 2.45) is 5.92 Å². The number of hydrogen-bond donors (Lipinski definition) is 0. The van der Waals surface area contributed by atoms with Crippen LogP contribution in [0.3, 0.4) is 0 Å². The number of aryl methyl sites for hydroxylation is 1. The number of aliphatic carboxylic acids is 1. The number of carbonyl (C=O) groups excluding carboxylic acids is 2. The molecule has 1 aliphatic heterocycles. The summed E-state index contributed by atoms with van der Waals surface area (Å²) in [5.41, 5.74) is 0.829. The van der Waals surface area contributed by atoms with Crippen LogP contribution in [0.1, 0.15) is 16.9 Å². The summed E-state index contributed by atoms with van der Waals surface area (Å²) in [5, 5.41) is 12.6. The van der Waals surface area contributed by atoms with Gasteiger partial charge in [-0.05, 0) is 58.7 Å². The third-order valence-corrected chi connectivity index (χ3v) is 6.53. The quantitative estimate of drug-likeness (QED) is 0.539. The van der Waals surface area contributed by atoms with Gasteiger partial charge in [-0.25, -0.2) is 4.39 Å². The van der Waals surface area contributed by atoms with E-state index < -0.39 is 23.5 Å². The molecular weight excluding hydrogens is 457 g/mol. The Labute approximate surface area is 171 Å². The molecule has 1 atom stereocenters. The van der Waals surface area contributed by atoms with Crippen molar-refractivity contribution < 1.29 is 19.1 Å². The van der Waals surface area contributed by atoms with Crippen LogP contribution >= 0.6 is 39.3 Å². The van der Waals surface area contributed by atoms with Crippen LogP contribution in [0.4, 0.5) is 4.39 Å². The van der Waals surface area contributed by atoms with Crippen molar-refractivity contribution in [3.05, 3.63) is 57.4 Å². The van der Waals surface area contributed by atoms with Gasteiger partial charge in [0.15, 0.2) is 5.78 Å². The van der Waals surface area contributed by atoms with Gasteiger partial charge in [0.25, 0.3) is 0 Å². The van der Waals surface area contributed by atoms with E-state index in [1.807, 2.05) is 12.1 Å². The maximum atomic E-state index is 14.0. The van der Waals surface area contributed by atoms with E-state index in [9.17, 15) is 19.1 Å². The molecule has 0 N–H and O–H groups in total. The van der Waals surface area contributed by atoms with E-state index in [1.54, 1.807) is 16.7 Å². The number of nitrogens with zero attached hydrogens (tertiary/aromatic N) is 1. The van der Waals surface area contributed by atoms with Crippen LogP contribution in [0.5, 0.6) is 0 Å². The first-order chi connectivity index (χ1) is 12.9. The van der Waals surface area contributed by atoms with E-state index in [0.717, 1.165) is 4.90 Å². The molecular formula is C19H11BrClFNO3S-. The molecule has 0 spiro atoms. The molecule has 4 nitrogen and oxygen atoms in total. The first kappa shape index (κ1) is 18.5. The van der Waals surface area contributed by atoms with Gasteiger partial charge < -0.3 is 14.5 Å². The molecule has 2 heterocycles. The fraction of sp³-hybridized carbons (Fsp3) is 0.158. The summed E-state index contributed by atoms with van der Waals surface area (Å²) in [6.07, 6.45) is 0.122. The summed E-state index contributed by atoms with van der Waals surface area (Å²) in [6, 6.07) is 9.78. The zero-order valence-electron chi connectivity index (χ0n) is 13.7. The Morgan fingerprint density at radius 3 is 2.67 bits per heavy atom. The maximum Gasteiger partial charge on any atom is 0.189 e. The molecule has 0 radical (unpaired) electrons. The SMILES string of the molecule is O=C([O-])C1CCn2c(c(Sc3ccc(Cl)cc3)c3c(Br)cc(F)cc32)C1=O. The largest absolute Gasteiger partial charge is 0.549 e. The second-order valence-electron chi connectivity index (χ2n) is 6.19. The standard InChI is InChI=1S/C19H12BrClFNO3S/c20-13-7-10(22)8-14-15(13)18(27-11-3-1-9(21)2-4-11)16-17(24)12(19(25)26)5-6-23(14)16/h1-4,7-8,12H,5-6H2,(H,25,26)/p-1. The summed E-state index contributed by atoms with van der Waals surface area (Å²) in [6.45, 7) is 0.299. The van der Waals surface area contributed by atoms with Crippen LogP contribution in [0.15, 0.2) is 50.7 Å². The van der Waals surface area contributed by atoms with Gasteiger partial charge in [0, 0.05) is 26.3 Å². The molecule has 0 fully saturated rings. The van der Waals surface area contributed by atoms with E-state index >= 15 is 0 Å². The molecule has 1 unspecified atom stereocenters. The first-order valence-electron chi connectivity index (χ1n) is 8.06. The molecule has 3 aromatic rings. The first-order valence-corrected chi connectivity index (χ1v) is 10.1. The number of halogens is 3. The van der Waals surface area contributed by atoms with Crippen LogP contribution in [0, 0.1) is 11.7 Å². The van der Waals surface area contributed by atoms with Crippen LogP contribution in [0.2, 0.25) is 5.02 Å². The molecule has 0 bridgehead atoms. The Morgan fingerprint density at radius 2 is 2.00 bits per heavy atom. The minimum absolute atomic E-state index is 0.122. The average Bonchev–Trinajstić information content (AvgIpc) is 2.91. The van der Waals surface area contributed by atoms with Gasteiger partial charge in [0.1, 0.15) is 11.5 Å². The second kappa shape index (κ2) is 6.96. The maximum absolute atomic E-state index is 14.0. The number of carboxylic acid groups (broad SMARTS) is 1. The van der Waals surface area contributed by atoms with Crippen molar-refractivity contribution in [2.45, 2.75) is 22.8 Å². The zero-order valence-corrected chi connectivity index (χ0v) is 16.8. The monoisotopic (exact) mass is 466 g/mol. The highest BCUT2D eigenvalue weighted by molar-refractivity contribution is 9.10. The van der Waals surface area contributed by atoms with Gasteiger partial charge in [-0.3, -0.25) is 4.79 Å². The van der Waals surface area contributed by atoms with Gasteiger partial charge in [-0.15, -0.1) is 0 Å². The fourth-order valence-electron chi connectivity index (χ4n) is 3.34. The molecule has 1 aliphatic rings. The lowest BCUT2D eigenvalue weighted by Gasteiger charge is -2.24. The fourth-order valence-corrected chi connectivity index (χ4v) is 5.34. The lowest BCUT2D eigenvalue weighted by molar-refractivity contribution is -0.309. The van der Waals surface area contributed by atoms with Crippen molar-refractivity contribution in [1.82, 2.24) is 4.57 Å². The highest BCUT2D eigenvalue weighted by atomic mass is 79.9. The Balaban J connectivity index is 1.97. The number of Topliss-reactive ketones (excluding diaryl/α,β-unsaturated/α-hetero) is 1. The predicted molar refractivity (Wildman–Crippen MR) is 103 cm³/mol. The second-order valence-corrected chi connectivity index (χ2v) is 8.57.